The maximum absolute atomic E-state index is 13.4. The molecule has 0 atom stereocenters. The molecule has 0 aliphatic rings. The molecule has 0 aliphatic heterocycles. The molecule has 3 aromatic rings. The van der Waals surface area contributed by atoms with Gasteiger partial charge in [-0.3, -0.25) is 14.2 Å². The summed E-state index contributed by atoms with van der Waals surface area (Å²) in [5.41, 5.74) is 0.662. The lowest BCUT2D eigenvalue weighted by Gasteiger charge is -2.08. The van der Waals surface area contributed by atoms with Crippen molar-refractivity contribution >= 4 is 39.3 Å². The smallest absolute Gasteiger partial charge is 0.287 e. The van der Waals surface area contributed by atoms with E-state index in [-0.39, 0.29) is 16.7 Å². The Morgan fingerprint density at radius 2 is 2.00 bits per heavy atom. The number of nitrogens with one attached hydrogen (secondary N) is 1. The molecule has 3 rings (SSSR count). The zero-order valence-corrected chi connectivity index (χ0v) is 15.8. The number of hydrogen-bond acceptors (Lipinski definition) is 4. The van der Waals surface area contributed by atoms with Gasteiger partial charge in [0.25, 0.3) is 5.56 Å². The molecular formula is C18H13BrFN3O2S. The fraction of sp³-hybridized carbons (Fsp3) is 0.0556. The maximum Gasteiger partial charge on any atom is 0.287 e. The van der Waals surface area contributed by atoms with Crippen LogP contribution in [0.5, 0.6) is 0 Å². The average molecular weight is 434 g/mol. The van der Waals surface area contributed by atoms with Crippen molar-refractivity contribution in [1.82, 2.24) is 9.55 Å². The number of aromatic nitrogens is 2. The van der Waals surface area contributed by atoms with Gasteiger partial charge < -0.3 is 5.32 Å². The molecule has 26 heavy (non-hydrogen) atoms. The zero-order valence-electron chi connectivity index (χ0n) is 13.4. The second kappa shape index (κ2) is 8.29. The predicted octanol–water partition coefficient (Wildman–Crippen LogP) is 3.86. The molecule has 0 fully saturated rings. The third-order valence-electron chi connectivity index (χ3n) is 3.36. The van der Waals surface area contributed by atoms with Crippen LogP contribution < -0.4 is 10.9 Å². The highest BCUT2D eigenvalue weighted by atomic mass is 79.9. The van der Waals surface area contributed by atoms with Crippen LogP contribution in [0.15, 0.2) is 75.2 Å². The van der Waals surface area contributed by atoms with Crippen LogP contribution in [0.4, 0.5) is 10.1 Å². The topological polar surface area (TPSA) is 64.0 Å². The number of anilines is 1. The van der Waals surface area contributed by atoms with Crippen molar-refractivity contribution < 1.29 is 9.18 Å². The van der Waals surface area contributed by atoms with E-state index in [9.17, 15) is 14.0 Å². The first-order valence-electron chi connectivity index (χ1n) is 7.55. The number of hydrogen-bond donors (Lipinski definition) is 1. The van der Waals surface area contributed by atoms with Crippen molar-refractivity contribution in [3.05, 3.63) is 81.6 Å². The standard InChI is InChI=1S/C18H13BrFN3O2S/c19-12-4-6-14(7-5-12)22-16(24)11-26-17-18(25)23(9-8-21-17)15-3-1-2-13(20)10-15/h1-10H,11H2,(H,22,24). The van der Waals surface area contributed by atoms with Gasteiger partial charge in [0, 0.05) is 22.6 Å². The number of nitrogens with zero attached hydrogens (tertiary/aromatic N) is 2. The van der Waals surface area contributed by atoms with Crippen LogP contribution in [-0.2, 0) is 4.79 Å². The normalized spacial score (nSPS) is 10.5. The van der Waals surface area contributed by atoms with Gasteiger partial charge in [-0.25, -0.2) is 9.37 Å². The Kier molecular flexibility index (Phi) is 5.85. The molecule has 2 aromatic carbocycles. The first-order valence-corrected chi connectivity index (χ1v) is 9.32. The van der Waals surface area contributed by atoms with Crippen molar-refractivity contribution in [2.24, 2.45) is 0 Å². The van der Waals surface area contributed by atoms with Gasteiger partial charge in [-0.15, -0.1) is 0 Å². The minimum atomic E-state index is -0.436. The van der Waals surface area contributed by atoms with E-state index in [2.05, 4.69) is 26.2 Å². The largest absolute Gasteiger partial charge is 0.325 e. The summed E-state index contributed by atoms with van der Waals surface area (Å²) in [7, 11) is 0. The van der Waals surface area contributed by atoms with Gasteiger partial charge in [0.05, 0.1) is 11.4 Å². The van der Waals surface area contributed by atoms with Crippen molar-refractivity contribution in [2.45, 2.75) is 5.03 Å². The van der Waals surface area contributed by atoms with E-state index in [1.54, 1.807) is 18.2 Å². The molecule has 0 saturated heterocycles. The average Bonchev–Trinajstić information content (AvgIpc) is 2.63. The van der Waals surface area contributed by atoms with E-state index in [0.717, 1.165) is 16.2 Å². The lowest BCUT2D eigenvalue weighted by Crippen LogP contribution is -2.22. The summed E-state index contributed by atoms with van der Waals surface area (Å²) in [5, 5.41) is 2.91. The van der Waals surface area contributed by atoms with Gasteiger partial charge in [-0.1, -0.05) is 33.8 Å². The first-order chi connectivity index (χ1) is 12.5. The number of benzene rings is 2. The number of carbonyl (C=O) groups excluding carboxylic acids is 1. The SMILES string of the molecule is O=C(CSc1nccn(-c2cccc(F)c2)c1=O)Nc1ccc(Br)cc1. The molecule has 1 heterocycles. The molecule has 0 unspecified atom stereocenters. The van der Waals surface area contributed by atoms with Gasteiger partial charge in [0.1, 0.15) is 5.82 Å². The van der Waals surface area contributed by atoms with Crippen LogP contribution in [0.1, 0.15) is 0 Å². The highest BCUT2D eigenvalue weighted by Gasteiger charge is 2.10. The Balaban J connectivity index is 1.70. The Morgan fingerprint density at radius 3 is 2.73 bits per heavy atom. The van der Waals surface area contributed by atoms with Crippen LogP contribution in [0.2, 0.25) is 0 Å². The highest BCUT2D eigenvalue weighted by molar-refractivity contribution is 9.10. The Hall–Kier alpha value is -2.45. The van der Waals surface area contributed by atoms with Gasteiger partial charge >= 0.3 is 0 Å². The summed E-state index contributed by atoms with van der Waals surface area (Å²) in [4.78, 5) is 28.6. The molecule has 0 radical (unpaired) electrons. The molecule has 0 aliphatic carbocycles. The Morgan fingerprint density at radius 1 is 1.23 bits per heavy atom. The number of halogens is 2. The second-order valence-corrected chi connectivity index (χ2v) is 7.11. The molecule has 0 saturated carbocycles. The number of amides is 1. The van der Waals surface area contributed by atoms with Crippen molar-refractivity contribution in [1.29, 1.82) is 0 Å². The van der Waals surface area contributed by atoms with E-state index in [1.807, 2.05) is 12.1 Å². The fourth-order valence-corrected chi connectivity index (χ4v) is 3.15. The Labute approximate surface area is 161 Å². The summed E-state index contributed by atoms with van der Waals surface area (Å²) in [5.74, 6) is -0.653. The predicted molar refractivity (Wildman–Crippen MR) is 103 cm³/mol. The maximum atomic E-state index is 13.4. The molecule has 132 valence electrons. The third-order valence-corrected chi connectivity index (χ3v) is 4.85. The zero-order chi connectivity index (χ0) is 18.5. The number of rotatable bonds is 5. The van der Waals surface area contributed by atoms with Crippen LogP contribution in [0, 0.1) is 5.82 Å². The van der Waals surface area contributed by atoms with Crippen LogP contribution in [-0.4, -0.2) is 21.2 Å². The second-order valence-electron chi connectivity index (χ2n) is 5.23. The molecule has 1 N–H and O–H groups in total. The summed E-state index contributed by atoms with van der Waals surface area (Å²) >= 11 is 4.36. The van der Waals surface area contributed by atoms with Crippen LogP contribution in [0.25, 0.3) is 5.69 Å². The minimum absolute atomic E-state index is 0.0332. The fourth-order valence-electron chi connectivity index (χ4n) is 2.19. The van der Waals surface area contributed by atoms with Crippen molar-refractivity contribution in [2.75, 3.05) is 11.1 Å². The van der Waals surface area contributed by atoms with E-state index in [1.165, 1.54) is 35.2 Å². The molecular weight excluding hydrogens is 421 g/mol. The molecule has 1 amide bonds. The summed E-state index contributed by atoms with van der Waals surface area (Å²) in [6.45, 7) is 0. The number of thioether (sulfide) groups is 1. The van der Waals surface area contributed by atoms with Gasteiger partial charge in [-0.05, 0) is 42.5 Å². The minimum Gasteiger partial charge on any atom is -0.325 e. The van der Waals surface area contributed by atoms with Gasteiger partial charge in [0.15, 0.2) is 5.03 Å². The van der Waals surface area contributed by atoms with E-state index < -0.39 is 11.4 Å². The molecule has 0 bridgehead atoms. The highest BCUT2D eigenvalue weighted by Crippen LogP contribution is 2.16. The summed E-state index contributed by atoms with van der Waals surface area (Å²) in [6, 6.07) is 12.9. The number of carbonyl (C=O) groups is 1. The molecule has 1 aromatic heterocycles. The summed E-state index contributed by atoms with van der Waals surface area (Å²) < 4.78 is 15.6. The lowest BCUT2D eigenvalue weighted by atomic mass is 10.3. The van der Waals surface area contributed by atoms with Gasteiger partial charge in [0.2, 0.25) is 5.91 Å². The van der Waals surface area contributed by atoms with E-state index in [4.69, 9.17) is 0 Å². The Bertz CT molecular complexity index is 992. The first kappa shape index (κ1) is 18.3. The van der Waals surface area contributed by atoms with Gasteiger partial charge in [-0.2, -0.15) is 0 Å². The van der Waals surface area contributed by atoms with Crippen LogP contribution in [0.3, 0.4) is 0 Å². The molecule has 8 heteroatoms. The molecule has 0 spiro atoms. The quantitative estimate of drug-likeness (QED) is 0.620. The van der Waals surface area contributed by atoms with E-state index >= 15 is 0 Å². The van der Waals surface area contributed by atoms with Crippen molar-refractivity contribution in [3.8, 4) is 5.69 Å². The third kappa shape index (κ3) is 4.59. The lowest BCUT2D eigenvalue weighted by molar-refractivity contribution is -0.113. The monoisotopic (exact) mass is 433 g/mol. The molecule has 5 nitrogen and oxygen atoms in total. The van der Waals surface area contributed by atoms with E-state index in [0.29, 0.717) is 11.4 Å². The van der Waals surface area contributed by atoms with Crippen molar-refractivity contribution in [3.63, 3.8) is 0 Å². The van der Waals surface area contributed by atoms with Crippen LogP contribution >= 0.6 is 27.7 Å². The summed E-state index contributed by atoms with van der Waals surface area (Å²) in [6.07, 6.45) is 2.91.